The van der Waals surface area contributed by atoms with Crippen molar-refractivity contribution in [2.45, 2.75) is 466 Å². The summed E-state index contributed by atoms with van der Waals surface area (Å²) in [5, 5.41) is 43.4. The number of amides is 2. The number of aromatic hydroxyl groups is 1. The highest BCUT2D eigenvalue weighted by Gasteiger charge is 2.18. The number of nitrogens with zero attached hydrogens (tertiary/aromatic N) is 2. The summed E-state index contributed by atoms with van der Waals surface area (Å²) in [6.07, 6.45) is 31.7. The number of fused-ring (bicyclic) bond motifs is 1. The predicted molar refractivity (Wildman–Crippen MR) is 659 cm³/mol. The zero-order valence-electron chi connectivity index (χ0n) is 105. The number of hydrogen-bond acceptors (Lipinski definition) is 12. The first-order valence-corrected chi connectivity index (χ1v) is 58.9. The third-order valence-corrected chi connectivity index (χ3v) is 22.5. The van der Waals surface area contributed by atoms with Crippen molar-refractivity contribution in [3.8, 4) is 5.75 Å². The SMILES string of the molecule is CC(C)C.CC(C)C(C)C.CC(C)C(C)O.CC(C)C1CCCC1.CC(C)CC(=O)O.CC(C)CC(C)C.CC(C)CC(N)=O.CC(C)CCC(=O)O.CC(C)CCC(N)=O.CC(C)CCCCN.CC(C)CCCN=C(N)N.CC(C)CO.CC(C)CS.CC(C)Cc1c[nH]c2ccccc12.CC(C)Cc1ccc(O)cc1.CC(C)Cc1ccccc1.CC(C)Cc1cnc[nH]1.CCC(C)C(C)C.CSCCC(C)C. The van der Waals surface area contributed by atoms with E-state index in [1.165, 1.54) is 116 Å². The second-order valence-electron chi connectivity index (χ2n) is 47.8. The number of carbonyl (C=O) groups excluding carboxylic acids is 2. The fraction of sp³-hybridized carbons (Fsp3) is 0.778. The monoisotopic (exact) mass is 2100 g/mol. The molecule has 5 aromatic rings. The van der Waals surface area contributed by atoms with Crippen LogP contribution in [0.15, 0.2) is 103 Å². The van der Waals surface area contributed by atoms with Crippen molar-refractivity contribution in [2.75, 3.05) is 37.5 Å². The van der Waals surface area contributed by atoms with E-state index in [-0.39, 0.29) is 36.2 Å². The maximum atomic E-state index is 10.1. The number of phenols is 1. The summed E-state index contributed by atoms with van der Waals surface area (Å²) < 4.78 is 0. The highest BCUT2D eigenvalue weighted by atomic mass is 32.2. The van der Waals surface area contributed by atoms with Crippen LogP contribution in [-0.4, -0.2) is 114 Å². The van der Waals surface area contributed by atoms with Gasteiger partial charge in [-0.15, -0.1) is 0 Å². The molecule has 20 heteroatoms. The molecule has 3 aromatic carbocycles. The van der Waals surface area contributed by atoms with Crippen molar-refractivity contribution < 1.29 is 44.7 Å². The van der Waals surface area contributed by atoms with E-state index in [1.54, 1.807) is 25.4 Å². The number of phenolic OH excluding ortho intramolecular Hbond substituents is 1. The zero-order chi connectivity index (χ0) is 117. The number of aromatic amines is 2. The van der Waals surface area contributed by atoms with Gasteiger partial charge in [0.15, 0.2) is 5.96 Å². The third-order valence-electron chi connectivity index (χ3n) is 21.1. The molecule has 2 aromatic heterocycles. The molecular weight excluding hydrogens is 1850 g/mol. The van der Waals surface area contributed by atoms with Crippen LogP contribution in [0.25, 0.3) is 10.9 Å². The van der Waals surface area contributed by atoms with E-state index in [9.17, 15) is 19.2 Å². The number of hydrogen-bond donors (Lipinski definition) is 13. The molecule has 0 aliphatic heterocycles. The van der Waals surface area contributed by atoms with Gasteiger partial charge in [-0.05, 0) is 273 Å². The summed E-state index contributed by atoms with van der Waals surface area (Å²) in [5.74, 6) is 17.8. The van der Waals surface area contributed by atoms with Crippen molar-refractivity contribution in [1.29, 1.82) is 0 Å². The second kappa shape index (κ2) is 118. The van der Waals surface area contributed by atoms with Gasteiger partial charge in [-0.25, -0.2) is 4.98 Å². The van der Waals surface area contributed by atoms with Crippen LogP contribution in [0.1, 0.15) is 456 Å². The minimum atomic E-state index is -0.713. The summed E-state index contributed by atoms with van der Waals surface area (Å²) in [7, 11) is 0. The number of carbonyl (C=O) groups is 4. The minimum Gasteiger partial charge on any atom is -0.508 e. The van der Waals surface area contributed by atoms with E-state index < -0.39 is 11.9 Å². The molecule has 1 aliphatic rings. The van der Waals surface area contributed by atoms with E-state index in [2.05, 4.69) is 342 Å². The van der Waals surface area contributed by atoms with Crippen LogP contribution in [0.5, 0.6) is 5.75 Å². The van der Waals surface area contributed by atoms with Gasteiger partial charge in [0.05, 0.1) is 12.4 Å². The molecule has 2 heterocycles. The molecule has 2 amide bonds. The third kappa shape index (κ3) is 174. The summed E-state index contributed by atoms with van der Waals surface area (Å²) >= 11 is 5.95. The lowest BCUT2D eigenvalue weighted by atomic mass is 9.95. The lowest BCUT2D eigenvalue weighted by Crippen LogP contribution is -2.22. The molecule has 146 heavy (non-hydrogen) atoms. The smallest absolute Gasteiger partial charge is 0.303 e. The molecule has 1 aliphatic carbocycles. The van der Waals surface area contributed by atoms with Gasteiger partial charge in [0.1, 0.15) is 5.75 Å². The Morgan fingerprint density at radius 3 is 1.09 bits per heavy atom. The Morgan fingerprint density at radius 1 is 0.452 bits per heavy atom. The summed E-state index contributed by atoms with van der Waals surface area (Å²) in [4.78, 5) is 54.0. The number of imidazole rings is 1. The van der Waals surface area contributed by atoms with Crippen LogP contribution >= 0.6 is 24.4 Å². The predicted octanol–water partition coefficient (Wildman–Crippen LogP) is 34.8. The Bertz CT molecular complexity index is 3340. The molecular formula is C126H253N9O9S2. The van der Waals surface area contributed by atoms with Gasteiger partial charge in [0.25, 0.3) is 0 Å². The van der Waals surface area contributed by atoms with Crippen molar-refractivity contribution in [3.63, 3.8) is 0 Å². The largest absolute Gasteiger partial charge is 0.508 e. The Hall–Kier alpha value is -6.06. The number of aliphatic hydroxyl groups excluding tert-OH is 2. The van der Waals surface area contributed by atoms with Gasteiger partial charge in [-0.1, -0.05) is 417 Å². The minimum absolute atomic E-state index is 0.148. The Labute approximate surface area is 917 Å². The van der Waals surface area contributed by atoms with E-state index in [0.717, 1.165) is 146 Å². The van der Waals surface area contributed by atoms with Crippen LogP contribution in [0, 0.1) is 136 Å². The Kier molecular flexibility index (Phi) is 135. The first-order chi connectivity index (χ1) is 67.4. The van der Waals surface area contributed by atoms with Crippen LogP contribution in [0.3, 0.4) is 0 Å². The number of aliphatic hydroxyl groups is 2. The van der Waals surface area contributed by atoms with Crippen LogP contribution in [-0.2, 0) is 44.9 Å². The van der Waals surface area contributed by atoms with Gasteiger partial charge in [0, 0.05) is 67.8 Å². The number of aliphatic carboxylic acids is 2. The summed E-state index contributed by atoms with van der Waals surface area (Å²) in [6, 6.07) is 26.5. The maximum Gasteiger partial charge on any atom is 0.303 e. The molecule has 0 spiro atoms. The normalized spacial score (nSPS) is 11.4. The molecule has 6 rings (SSSR count). The van der Waals surface area contributed by atoms with Gasteiger partial charge < -0.3 is 64.2 Å². The van der Waals surface area contributed by atoms with E-state index in [1.807, 2.05) is 99.3 Å². The molecule has 1 saturated carbocycles. The zero-order valence-corrected chi connectivity index (χ0v) is 106. The van der Waals surface area contributed by atoms with E-state index in [4.69, 9.17) is 54.2 Å². The standard InChI is InChI=1S/C12H15N.C10H14O.C10H14.C8H16.C7H17N3.C7H12N2.C7H17N.2C7H16.C6H13NO.C6H12O2.C6H14S.C6H14.C5H11NO.C5H10O2.C5H12O.C4H10O.C4H10S.C4H10/c1-9(2)7-10-8-13-12-6-4-3-5-11(10)12;1-8(2)7-9-3-5-10(11)6-4-9;1-9(2)8-10-6-4-3-5-7-10;1-7(2)8-5-3-4-6-8;1-6(2)4-3-5-10-7(8)9;1-6(2)3-7-4-8-5-9-7;1-7(2)5-3-4-6-8;1-6(2)5-7(3)4;1-5-7(4)6(2)3;2*1-5(2)3-4-6(7)8;1-6(2)4-5-7-3;1-5(2)6(3)4;2*1-4(2)3-5(6)7;1-4(2)5(3)6;2*1-4(2)3-5;1-4(2)3/h3-6,8-9,13H,7H2,1-2H3;3-6,8,11H,7H2,1-2H3;3-7,9H,8H2,1-2H3;7-8H,3-6H2,1-2H3;6H,3-5H2,1-2H3,(H4,8,9,10);4-6H,3H2,1-2H3,(H,8,9);7H,3-6,8H2,1-2H3;2*6-7H,5H2,1-4H3;5H,3-4H2,1-2H3,(H2,7,8);5H,3-4H2,1-2H3,(H,7,8);6H,4-5H2,1-3H3;5-6H,1-4H3;4H,3H2,1-2H3,(H2,6,7);4H,3H2,1-2H3,(H,6,7);4-6H,1-3H3;2*4-5H,3H2,1-2H3;4H,1-3H3. The van der Waals surface area contributed by atoms with Crippen molar-refractivity contribution in [2.24, 2.45) is 170 Å². The topological polar surface area (TPSA) is 356 Å². The van der Waals surface area contributed by atoms with E-state index >= 15 is 0 Å². The number of H-pyrrole nitrogens is 2. The first kappa shape index (κ1) is 168. The van der Waals surface area contributed by atoms with Gasteiger partial charge in [0.2, 0.25) is 11.8 Å². The maximum absolute atomic E-state index is 10.1. The Balaban J connectivity index is -0.000000117. The van der Waals surface area contributed by atoms with Crippen LogP contribution < -0.4 is 28.7 Å². The number of thioether (sulfide) groups is 1. The molecule has 0 bridgehead atoms. The number of unbranched alkanes of at least 4 members (excludes halogenated alkanes) is 1. The average Bonchev–Trinajstić information content (AvgIpc) is 1.69. The molecule has 0 radical (unpaired) electrons. The van der Waals surface area contributed by atoms with Crippen molar-refractivity contribution in [3.05, 3.63) is 120 Å². The van der Waals surface area contributed by atoms with Gasteiger partial charge in [-0.3, -0.25) is 24.2 Å². The second-order valence-corrected chi connectivity index (χ2v) is 49.1. The number of thiol groups is 1. The highest BCUT2D eigenvalue weighted by Crippen LogP contribution is 2.31. The Morgan fingerprint density at radius 2 is 0.849 bits per heavy atom. The average molecular weight is 2100 g/mol. The molecule has 2 unspecified atom stereocenters. The number of carboxylic acids is 2. The van der Waals surface area contributed by atoms with Gasteiger partial charge >= 0.3 is 11.9 Å². The number of nitrogens with one attached hydrogen (secondary N) is 2. The van der Waals surface area contributed by atoms with E-state index in [0.29, 0.717) is 73.0 Å². The molecule has 2 atom stereocenters. The number of benzene rings is 3. The summed E-state index contributed by atoms with van der Waals surface area (Å²) in [6.45, 7) is 101. The van der Waals surface area contributed by atoms with Crippen molar-refractivity contribution >= 4 is 65.0 Å². The number of para-hydroxylation sites is 1. The number of aromatic nitrogens is 3. The molecule has 17 N–H and O–H groups in total. The number of primary amides is 2. The number of rotatable bonds is 38. The number of carboxylic acid groups (broad SMARTS) is 2. The molecule has 868 valence electrons. The number of nitrogens with two attached hydrogens (primary N) is 5. The summed E-state index contributed by atoms with van der Waals surface area (Å²) in [5.41, 5.74) is 32.0. The fourth-order valence-electron chi connectivity index (χ4n) is 11.2. The fourth-order valence-corrected chi connectivity index (χ4v) is 11.9. The lowest BCUT2D eigenvalue weighted by molar-refractivity contribution is -0.138. The number of guanidine groups is 1. The van der Waals surface area contributed by atoms with Gasteiger partial charge in [-0.2, -0.15) is 24.4 Å². The molecule has 18 nitrogen and oxygen atoms in total. The lowest BCUT2D eigenvalue weighted by Gasteiger charge is -2.11. The first-order valence-electron chi connectivity index (χ1n) is 56.9. The quantitative estimate of drug-likeness (QED) is 0.00756. The highest BCUT2D eigenvalue weighted by molar-refractivity contribution is 7.98. The molecule has 1 fully saturated rings. The number of aliphatic imine (C=N–C) groups is 1. The molecule has 0 saturated heterocycles. The van der Waals surface area contributed by atoms with Crippen LogP contribution in [0.4, 0.5) is 0 Å². The van der Waals surface area contributed by atoms with Crippen molar-refractivity contribution in [1.82, 2.24) is 15.0 Å². The van der Waals surface area contributed by atoms with Crippen LogP contribution in [0.2, 0.25) is 0 Å².